The zero-order valence-corrected chi connectivity index (χ0v) is 11.9. The fourth-order valence-corrected chi connectivity index (χ4v) is 3.29. The highest BCUT2D eigenvalue weighted by molar-refractivity contribution is 5.49. The van der Waals surface area contributed by atoms with Gasteiger partial charge in [-0.3, -0.25) is 0 Å². The Morgan fingerprint density at radius 2 is 1.90 bits per heavy atom. The number of aryl methyl sites for hydroxylation is 1. The SMILES string of the molecule is Fc1ccc(C2(CNc3ncnc4c3CCC4)CC2)cc1. The third-order valence-corrected chi connectivity index (χ3v) is 4.78. The molecule has 108 valence electrons. The molecule has 1 saturated carbocycles. The summed E-state index contributed by atoms with van der Waals surface area (Å²) in [5.74, 6) is 0.821. The molecule has 1 aromatic heterocycles. The molecule has 2 aliphatic carbocycles. The molecule has 0 unspecified atom stereocenters. The molecule has 4 heteroatoms. The Balaban J connectivity index is 1.52. The lowest BCUT2D eigenvalue weighted by molar-refractivity contribution is 0.624. The van der Waals surface area contributed by atoms with Gasteiger partial charge in [-0.2, -0.15) is 0 Å². The topological polar surface area (TPSA) is 37.8 Å². The third-order valence-electron chi connectivity index (χ3n) is 4.78. The monoisotopic (exact) mass is 283 g/mol. The Bertz CT molecular complexity index is 662. The van der Waals surface area contributed by atoms with Crippen molar-refractivity contribution in [1.82, 2.24) is 9.97 Å². The predicted molar refractivity (Wildman–Crippen MR) is 79.9 cm³/mol. The lowest BCUT2D eigenvalue weighted by atomic mass is 9.96. The first-order chi connectivity index (χ1) is 10.3. The van der Waals surface area contributed by atoms with Crippen LogP contribution in [0.3, 0.4) is 0 Å². The highest BCUT2D eigenvalue weighted by atomic mass is 19.1. The number of benzene rings is 1. The van der Waals surface area contributed by atoms with Gasteiger partial charge in [-0.1, -0.05) is 12.1 Å². The maximum absolute atomic E-state index is 13.1. The molecule has 0 amide bonds. The summed E-state index contributed by atoms with van der Waals surface area (Å²) in [6.45, 7) is 0.863. The number of nitrogens with one attached hydrogen (secondary N) is 1. The lowest BCUT2D eigenvalue weighted by Crippen LogP contribution is -2.21. The molecule has 1 N–H and O–H groups in total. The largest absolute Gasteiger partial charge is 0.369 e. The van der Waals surface area contributed by atoms with Gasteiger partial charge in [0.25, 0.3) is 0 Å². The van der Waals surface area contributed by atoms with Crippen LogP contribution in [0, 0.1) is 5.82 Å². The molecule has 0 saturated heterocycles. The third kappa shape index (κ3) is 2.28. The van der Waals surface area contributed by atoms with Crippen molar-refractivity contribution in [2.75, 3.05) is 11.9 Å². The fraction of sp³-hybridized carbons (Fsp3) is 0.412. The van der Waals surface area contributed by atoms with Crippen LogP contribution in [0.1, 0.15) is 36.1 Å². The molecule has 3 nitrogen and oxygen atoms in total. The van der Waals surface area contributed by atoms with Gasteiger partial charge in [0.05, 0.1) is 0 Å². The predicted octanol–water partition coefficient (Wildman–Crippen LogP) is 3.25. The van der Waals surface area contributed by atoms with E-state index >= 15 is 0 Å². The number of rotatable bonds is 4. The first-order valence-electron chi connectivity index (χ1n) is 7.60. The van der Waals surface area contributed by atoms with Crippen LogP contribution in [-0.2, 0) is 18.3 Å². The van der Waals surface area contributed by atoms with E-state index in [9.17, 15) is 4.39 Å². The average Bonchev–Trinajstić information content (AvgIpc) is 3.14. The quantitative estimate of drug-likeness (QED) is 0.936. The number of halogens is 1. The van der Waals surface area contributed by atoms with Crippen LogP contribution in [0.15, 0.2) is 30.6 Å². The number of aromatic nitrogens is 2. The summed E-state index contributed by atoms with van der Waals surface area (Å²) in [7, 11) is 0. The molecule has 4 rings (SSSR count). The highest BCUT2D eigenvalue weighted by Crippen LogP contribution is 2.48. The summed E-state index contributed by atoms with van der Waals surface area (Å²) in [6.07, 6.45) is 7.27. The van der Waals surface area contributed by atoms with E-state index in [1.54, 1.807) is 18.5 Å². The molecule has 2 aliphatic rings. The van der Waals surface area contributed by atoms with Gasteiger partial charge < -0.3 is 5.32 Å². The zero-order chi connectivity index (χ0) is 14.3. The lowest BCUT2D eigenvalue weighted by Gasteiger charge is -2.18. The first-order valence-corrected chi connectivity index (χ1v) is 7.60. The molecule has 0 bridgehead atoms. The van der Waals surface area contributed by atoms with Gasteiger partial charge in [0.2, 0.25) is 0 Å². The Morgan fingerprint density at radius 3 is 2.67 bits per heavy atom. The van der Waals surface area contributed by atoms with Gasteiger partial charge in [-0.15, -0.1) is 0 Å². The van der Waals surface area contributed by atoms with E-state index in [0.29, 0.717) is 0 Å². The van der Waals surface area contributed by atoms with E-state index in [0.717, 1.165) is 38.0 Å². The van der Waals surface area contributed by atoms with E-state index in [-0.39, 0.29) is 11.2 Å². The van der Waals surface area contributed by atoms with E-state index < -0.39 is 0 Å². The van der Waals surface area contributed by atoms with Crippen LogP contribution in [0.4, 0.5) is 10.2 Å². The van der Waals surface area contributed by atoms with Crippen LogP contribution in [0.2, 0.25) is 0 Å². The normalized spacial score (nSPS) is 18.3. The Kier molecular flexibility index (Phi) is 2.91. The van der Waals surface area contributed by atoms with Crippen LogP contribution in [-0.4, -0.2) is 16.5 Å². The van der Waals surface area contributed by atoms with Gasteiger partial charge in [0.15, 0.2) is 0 Å². The van der Waals surface area contributed by atoms with E-state index in [4.69, 9.17) is 0 Å². The second-order valence-corrected chi connectivity index (χ2v) is 6.14. The number of anilines is 1. The number of hydrogen-bond acceptors (Lipinski definition) is 3. The molecule has 0 aliphatic heterocycles. The van der Waals surface area contributed by atoms with Gasteiger partial charge in [-0.25, -0.2) is 14.4 Å². The number of fused-ring (bicyclic) bond motifs is 1. The fourth-order valence-electron chi connectivity index (χ4n) is 3.29. The number of hydrogen-bond donors (Lipinski definition) is 1. The van der Waals surface area contributed by atoms with Crippen molar-refractivity contribution >= 4 is 5.82 Å². The molecular weight excluding hydrogens is 265 g/mol. The maximum Gasteiger partial charge on any atom is 0.132 e. The van der Waals surface area contributed by atoms with E-state index in [1.807, 2.05) is 12.1 Å². The Morgan fingerprint density at radius 1 is 1.10 bits per heavy atom. The van der Waals surface area contributed by atoms with Crippen molar-refractivity contribution in [1.29, 1.82) is 0 Å². The molecule has 1 heterocycles. The molecular formula is C17H18FN3. The van der Waals surface area contributed by atoms with Crippen molar-refractivity contribution in [3.63, 3.8) is 0 Å². The van der Waals surface area contributed by atoms with Crippen molar-refractivity contribution in [2.24, 2.45) is 0 Å². The molecule has 0 radical (unpaired) electrons. The molecule has 1 fully saturated rings. The summed E-state index contributed by atoms with van der Waals surface area (Å²) >= 11 is 0. The summed E-state index contributed by atoms with van der Waals surface area (Å²) in [5, 5.41) is 3.52. The van der Waals surface area contributed by atoms with Crippen molar-refractivity contribution < 1.29 is 4.39 Å². The van der Waals surface area contributed by atoms with Crippen LogP contribution >= 0.6 is 0 Å². The minimum atomic E-state index is -0.170. The van der Waals surface area contributed by atoms with Crippen LogP contribution in [0.5, 0.6) is 0 Å². The van der Waals surface area contributed by atoms with Crippen molar-refractivity contribution in [2.45, 2.75) is 37.5 Å². The van der Waals surface area contributed by atoms with Gasteiger partial charge in [0.1, 0.15) is 18.0 Å². The number of nitrogens with zero attached hydrogens (tertiary/aromatic N) is 2. The van der Waals surface area contributed by atoms with Crippen LogP contribution < -0.4 is 5.32 Å². The van der Waals surface area contributed by atoms with E-state index in [2.05, 4.69) is 15.3 Å². The standard InChI is InChI=1S/C17H18FN3/c18-13-6-4-12(5-7-13)17(8-9-17)10-19-16-14-2-1-3-15(14)20-11-21-16/h4-7,11H,1-3,8-10H2,(H,19,20,21). The Labute approximate surface area is 123 Å². The molecule has 1 aromatic carbocycles. The van der Waals surface area contributed by atoms with Crippen molar-refractivity contribution in [3.05, 3.63) is 53.2 Å². The Hall–Kier alpha value is -1.97. The highest BCUT2D eigenvalue weighted by Gasteiger charge is 2.44. The van der Waals surface area contributed by atoms with Gasteiger partial charge in [0, 0.05) is 23.2 Å². The second kappa shape index (κ2) is 4.79. The molecule has 0 atom stereocenters. The van der Waals surface area contributed by atoms with Crippen LogP contribution in [0.25, 0.3) is 0 Å². The molecule has 0 spiro atoms. The summed E-state index contributed by atoms with van der Waals surface area (Å²) in [5.41, 5.74) is 3.86. The molecule has 2 aromatic rings. The minimum absolute atomic E-state index is 0.157. The zero-order valence-electron chi connectivity index (χ0n) is 11.9. The van der Waals surface area contributed by atoms with Crippen molar-refractivity contribution in [3.8, 4) is 0 Å². The summed E-state index contributed by atoms with van der Waals surface area (Å²) in [4.78, 5) is 8.76. The van der Waals surface area contributed by atoms with E-state index in [1.165, 1.54) is 23.2 Å². The smallest absolute Gasteiger partial charge is 0.132 e. The molecule has 21 heavy (non-hydrogen) atoms. The van der Waals surface area contributed by atoms with Gasteiger partial charge in [-0.05, 0) is 49.8 Å². The maximum atomic E-state index is 13.1. The average molecular weight is 283 g/mol. The minimum Gasteiger partial charge on any atom is -0.369 e. The summed E-state index contributed by atoms with van der Waals surface area (Å²) < 4.78 is 13.1. The summed E-state index contributed by atoms with van der Waals surface area (Å²) in [6, 6.07) is 6.93. The van der Waals surface area contributed by atoms with Gasteiger partial charge >= 0.3 is 0 Å². The first kappa shape index (κ1) is 12.7. The second-order valence-electron chi connectivity index (χ2n) is 6.14.